The van der Waals surface area contributed by atoms with E-state index in [0.717, 1.165) is 40.2 Å². The van der Waals surface area contributed by atoms with E-state index in [1.807, 2.05) is 54.7 Å². The van der Waals surface area contributed by atoms with E-state index in [2.05, 4.69) is 41.2 Å². The van der Waals surface area contributed by atoms with E-state index >= 15 is 0 Å². The molecule has 2 aromatic heterocycles. The summed E-state index contributed by atoms with van der Waals surface area (Å²) in [6.07, 6.45) is 9.27. The molecule has 1 fully saturated rings. The molecule has 0 saturated carbocycles. The van der Waals surface area contributed by atoms with Gasteiger partial charge < -0.3 is 26.2 Å². The number of aromatic nitrogens is 3. The average molecular weight is 610 g/mol. The van der Waals surface area contributed by atoms with Crippen LogP contribution in [0.2, 0.25) is 5.02 Å². The van der Waals surface area contributed by atoms with E-state index in [-0.39, 0.29) is 17.9 Å². The van der Waals surface area contributed by atoms with Crippen molar-refractivity contribution in [2.45, 2.75) is 25.7 Å². The maximum Gasteiger partial charge on any atom is 0.321 e. The molecule has 6 bridgehead atoms. The summed E-state index contributed by atoms with van der Waals surface area (Å²) in [6, 6.07) is 15.1. The number of halogens is 1. The largest absolute Gasteiger partial charge is 0.339 e. The van der Waals surface area contributed by atoms with E-state index in [4.69, 9.17) is 11.6 Å². The number of benzene rings is 2. The third kappa shape index (κ3) is 6.95. The Balaban J connectivity index is 1.13. The number of rotatable bonds is 5. The smallest absolute Gasteiger partial charge is 0.321 e. The van der Waals surface area contributed by atoms with Gasteiger partial charge in [0.05, 0.1) is 23.8 Å². The first-order valence-corrected chi connectivity index (χ1v) is 14.8. The van der Waals surface area contributed by atoms with Crippen LogP contribution < -0.4 is 21.3 Å². The molecule has 4 heterocycles. The highest BCUT2D eigenvalue weighted by Gasteiger charge is 2.28. The number of pyridine rings is 1. The number of likely N-dealkylation sites (tertiary alicyclic amines) is 1. The van der Waals surface area contributed by atoms with Gasteiger partial charge in [-0.2, -0.15) is 4.98 Å². The second-order valence-electron chi connectivity index (χ2n) is 10.9. The van der Waals surface area contributed by atoms with Crippen LogP contribution in [0, 0.1) is 5.92 Å². The normalized spacial score (nSPS) is 15.8. The lowest BCUT2D eigenvalue weighted by molar-refractivity contribution is -0.117. The molecule has 0 radical (unpaired) electrons. The van der Waals surface area contributed by atoms with Crippen molar-refractivity contribution >= 4 is 64.3 Å². The second-order valence-corrected chi connectivity index (χ2v) is 11.3. The van der Waals surface area contributed by atoms with E-state index < -0.39 is 0 Å². The summed E-state index contributed by atoms with van der Waals surface area (Å²) in [6.45, 7) is 1.10. The van der Waals surface area contributed by atoms with Gasteiger partial charge in [-0.05, 0) is 66.6 Å². The summed E-state index contributed by atoms with van der Waals surface area (Å²) in [5, 5.41) is 13.0. The summed E-state index contributed by atoms with van der Waals surface area (Å²) in [7, 11) is 1.69. The molecule has 0 unspecified atom stereocenters. The molecular formula is C32H32ClN9O2. The summed E-state index contributed by atoms with van der Waals surface area (Å²) in [5.41, 5.74) is 5.85. The number of para-hydroxylation sites is 1. The number of amides is 3. The highest BCUT2D eigenvalue weighted by atomic mass is 35.5. The predicted molar refractivity (Wildman–Crippen MR) is 174 cm³/mol. The summed E-state index contributed by atoms with van der Waals surface area (Å²) in [4.78, 5) is 45.2. The SMILES string of the molecule is C/N=C/c1ccccc1NC(=O)N1CC[C@H](CC(=O)Nc2ccc3cc2CCc2cncc(c2)Nc2ncc(Cl)c(n2)N3)C1. The molecule has 2 aliphatic heterocycles. The lowest BCUT2D eigenvalue weighted by Crippen LogP contribution is -2.33. The molecule has 12 heteroatoms. The van der Waals surface area contributed by atoms with Crippen LogP contribution in [0.15, 0.2) is 72.1 Å². The van der Waals surface area contributed by atoms with Gasteiger partial charge in [-0.1, -0.05) is 29.8 Å². The van der Waals surface area contributed by atoms with Gasteiger partial charge in [-0.3, -0.25) is 14.8 Å². The zero-order valence-electron chi connectivity index (χ0n) is 24.2. The van der Waals surface area contributed by atoms with Gasteiger partial charge in [0, 0.05) is 55.9 Å². The number of hydrogen-bond acceptors (Lipinski definition) is 8. The molecule has 1 saturated heterocycles. The number of urea groups is 1. The molecule has 2 aliphatic rings. The number of nitrogens with zero attached hydrogens (tertiary/aromatic N) is 5. The average Bonchev–Trinajstić information content (AvgIpc) is 3.48. The van der Waals surface area contributed by atoms with Gasteiger partial charge in [-0.15, -0.1) is 0 Å². The van der Waals surface area contributed by atoms with E-state index in [9.17, 15) is 9.59 Å². The third-order valence-electron chi connectivity index (χ3n) is 7.64. The molecule has 11 nitrogen and oxygen atoms in total. The van der Waals surface area contributed by atoms with Crippen molar-refractivity contribution in [2.24, 2.45) is 10.9 Å². The first kappa shape index (κ1) is 29.1. The molecule has 0 aliphatic carbocycles. The number of carbonyl (C=O) groups excluding carboxylic acids is 2. The van der Waals surface area contributed by atoms with Crippen LogP contribution in [0.1, 0.15) is 29.5 Å². The molecule has 224 valence electrons. The van der Waals surface area contributed by atoms with Crippen molar-refractivity contribution in [1.82, 2.24) is 19.9 Å². The predicted octanol–water partition coefficient (Wildman–Crippen LogP) is 6.04. The van der Waals surface area contributed by atoms with Crippen LogP contribution in [0.3, 0.4) is 0 Å². The van der Waals surface area contributed by atoms with E-state index in [1.54, 1.807) is 30.6 Å². The van der Waals surface area contributed by atoms with Crippen LogP contribution in [0.25, 0.3) is 0 Å². The molecule has 3 amide bonds. The Morgan fingerprint density at radius 2 is 1.93 bits per heavy atom. The third-order valence-corrected chi connectivity index (χ3v) is 7.91. The van der Waals surface area contributed by atoms with Crippen LogP contribution >= 0.6 is 11.6 Å². The Morgan fingerprint density at radius 3 is 2.82 bits per heavy atom. The number of hydrogen-bond donors (Lipinski definition) is 4. The Bertz CT molecular complexity index is 1730. The van der Waals surface area contributed by atoms with Gasteiger partial charge in [0.15, 0.2) is 5.82 Å². The Kier molecular flexibility index (Phi) is 8.64. The fourth-order valence-corrected chi connectivity index (χ4v) is 5.59. The summed E-state index contributed by atoms with van der Waals surface area (Å²) >= 11 is 6.39. The topological polar surface area (TPSA) is 137 Å². The lowest BCUT2D eigenvalue weighted by atomic mass is 10.0. The van der Waals surface area contributed by atoms with Crippen molar-refractivity contribution in [3.05, 3.63) is 88.8 Å². The highest BCUT2D eigenvalue weighted by Crippen LogP contribution is 2.30. The zero-order chi connectivity index (χ0) is 30.5. The standard InChI is InChI=1S/C32H32ClN9O2/c1-34-16-23-4-2-3-5-27(23)40-32(44)42-11-10-21(19-42)13-29(43)39-28-9-8-24-14-22(28)7-6-20-12-25(17-35-15-20)38-31-36-18-26(33)30(37-24)41-31/h2-5,8-9,12,14-18,21H,6-7,10-11,13,19H2,1H3,(H,39,43)(H,40,44)(H2,36,37,38,41)/b34-16+/t21-/m1/s1. The molecule has 4 N–H and O–H groups in total. The molecule has 44 heavy (non-hydrogen) atoms. The van der Waals surface area contributed by atoms with Gasteiger partial charge in [0.2, 0.25) is 11.9 Å². The van der Waals surface area contributed by atoms with Crippen LogP contribution in [0.4, 0.5) is 39.3 Å². The van der Waals surface area contributed by atoms with Crippen LogP contribution in [0.5, 0.6) is 0 Å². The molecule has 1 atom stereocenters. The number of anilines is 6. The lowest BCUT2D eigenvalue weighted by Gasteiger charge is -2.18. The minimum atomic E-state index is -0.177. The van der Waals surface area contributed by atoms with Crippen molar-refractivity contribution in [2.75, 3.05) is 41.4 Å². The number of fused-ring (bicyclic) bond motifs is 6. The quantitative estimate of drug-likeness (QED) is 0.202. The number of nitrogens with one attached hydrogen (secondary N) is 4. The zero-order valence-corrected chi connectivity index (χ0v) is 24.9. The highest BCUT2D eigenvalue weighted by molar-refractivity contribution is 6.32. The first-order chi connectivity index (χ1) is 21.4. The van der Waals surface area contributed by atoms with Crippen molar-refractivity contribution in [1.29, 1.82) is 0 Å². The van der Waals surface area contributed by atoms with E-state index in [1.165, 1.54) is 0 Å². The number of carbonyl (C=O) groups is 2. The van der Waals surface area contributed by atoms with E-state index in [0.29, 0.717) is 54.8 Å². The van der Waals surface area contributed by atoms with Gasteiger partial charge in [-0.25, -0.2) is 9.78 Å². The maximum atomic E-state index is 13.2. The first-order valence-electron chi connectivity index (χ1n) is 14.4. The van der Waals surface area contributed by atoms with Crippen LogP contribution in [-0.2, 0) is 17.6 Å². The Hall–Kier alpha value is -5.03. The van der Waals surface area contributed by atoms with Crippen molar-refractivity contribution in [3.8, 4) is 0 Å². The van der Waals surface area contributed by atoms with Crippen LogP contribution in [-0.4, -0.2) is 58.1 Å². The molecule has 6 rings (SSSR count). The van der Waals surface area contributed by atoms with Gasteiger partial charge in [0.25, 0.3) is 0 Å². The number of aryl methyl sites for hydroxylation is 2. The van der Waals surface area contributed by atoms with Gasteiger partial charge >= 0.3 is 6.03 Å². The second kappa shape index (κ2) is 13.1. The summed E-state index contributed by atoms with van der Waals surface area (Å²) in [5.74, 6) is 0.845. The van der Waals surface area contributed by atoms with Crippen molar-refractivity contribution < 1.29 is 9.59 Å². The summed E-state index contributed by atoms with van der Waals surface area (Å²) < 4.78 is 0. The monoisotopic (exact) mass is 609 g/mol. The van der Waals surface area contributed by atoms with Crippen molar-refractivity contribution in [3.63, 3.8) is 0 Å². The Labute approximate surface area is 260 Å². The minimum absolute atomic E-state index is 0.0645. The molecule has 2 aromatic carbocycles. The Morgan fingerprint density at radius 1 is 1.05 bits per heavy atom. The van der Waals surface area contributed by atoms with Gasteiger partial charge in [0.1, 0.15) is 5.02 Å². The fraction of sp³-hybridized carbons (Fsp3) is 0.250. The minimum Gasteiger partial charge on any atom is -0.339 e. The number of aliphatic imine (C=N–C) groups is 1. The molecule has 4 aromatic rings. The maximum absolute atomic E-state index is 13.2. The molecule has 0 spiro atoms. The molecular weight excluding hydrogens is 578 g/mol. The fourth-order valence-electron chi connectivity index (χ4n) is 5.46.